The SMILES string of the molecule is Cc1ccc(N(C)C(=O)C(=O)N2CCNCC2)cc1. The highest BCUT2D eigenvalue weighted by Crippen LogP contribution is 2.14. The van der Waals surface area contributed by atoms with Crippen molar-refractivity contribution in [1.82, 2.24) is 10.2 Å². The van der Waals surface area contributed by atoms with E-state index in [2.05, 4.69) is 5.32 Å². The third-order valence-electron chi connectivity index (χ3n) is 3.31. The van der Waals surface area contributed by atoms with Crippen LogP contribution in [-0.2, 0) is 9.59 Å². The lowest BCUT2D eigenvalue weighted by molar-refractivity contribution is -0.144. The van der Waals surface area contributed by atoms with Gasteiger partial charge < -0.3 is 15.1 Å². The second-order valence-corrected chi connectivity index (χ2v) is 4.74. The summed E-state index contributed by atoms with van der Waals surface area (Å²) < 4.78 is 0. The lowest BCUT2D eigenvalue weighted by atomic mass is 10.2. The molecule has 1 heterocycles. The van der Waals surface area contributed by atoms with E-state index in [1.807, 2.05) is 31.2 Å². The van der Waals surface area contributed by atoms with E-state index < -0.39 is 11.8 Å². The highest BCUT2D eigenvalue weighted by Gasteiger charge is 2.26. The maximum atomic E-state index is 12.1. The Labute approximate surface area is 113 Å². The van der Waals surface area contributed by atoms with Crippen LogP contribution in [-0.4, -0.2) is 49.9 Å². The van der Waals surface area contributed by atoms with Crippen molar-refractivity contribution >= 4 is 17.5 Å². The Bertz CT molecular complexity index is 464. The molecule has 1 aliphatic heterocycles. The number of rotatable bonds is 1. The Balaban J connectivity index is 2.05. The van der Waals surface area contributed by atoms with Crippen molar-refractivity contribution in [2.24, 2.45) is 0 Å². The summed E-state index contributed by atoms with van der Waals surface area (Å²) in [5.41, 5.74) is 1.86. The first-order valence-corrected chi connectivity index (χ1v) is 6.44. The molecule has 1 aliphatic rings. The number of hydrogen-bond donors (Lipinski definition) is 1. The highest BCUT2D eigenvalue weighted by molar-refractivity contribution is 6.40. The minimum Gasteiger partial charge on any atom is -0.332 e. The van der Waals surface area contributed by atoms with Crippen LogP contribution in [0.25, 0.3) is 0 Å². The molecule has 1 aromatic carbocycles. The van der Waals surface area contributed by atoms with E-state index in [1.165, 1.54) is 4.90 Å². The third kappa shape index (κ3) is 3.12. The molecule has 5 nitrogen and oxygen atoms in total. The number of piperazine rings is 1. The molecule has 2 amide bonds. The van der Waals surface area contributed by atoms with Gasteiger partial charge in [0.25, 0.3) is 0 Å². The highest BCUT2D eigenvalue weighted by atomic mass is 16.2. The van der Waals surface area contributed by atoms with Crippen molar-refractivity contribution in [3.63, 3.8) is 0 Å². The molecule has 0 aliphatic carbocycles. The molecule has 19 heavy (non-hydrogen) atoms. The molecule has 5 heteroatoms. The molecule has 0 bridgehead atoms. The molecule has 1 fully saturated rings. The molecule has 0 saturated carbocycles. The van der Waals surface area contributed by atoms with E-state index in [4.69, 9.17) is 0 Å². The van der Waals surface area contributed by atoms with Gasteiger partial charge in [-0.3, -0.25) is 9.59 Å². The lowest BCUT2D eigenvalue weighted by Gasteiger charge is -2.28. The molecule has 0 radical (unpaired) electrons. The van der Waals surface area contributed by atoms with Gasteiger partial charge in [0.2, 0.25) is 0 Å². The van der Waals surface area contributed by atoms with E-state index in [-0.39, 0.29) is 0 Å². The Hall–Kier alpha value is -1.88. The summed E-state index contributed by atoms with van der Waals surface area (Å²) in [5.74, 6) is -0.907. The van der Waals surface area contributed by atoms with Crippen LogP contribution in [0.5, 0.6) is 0 Å². The molecule has 1 N–H and O–H groups in total. The summed E-state index contributed by atoms with van der Waals surface area (Å²) >= 11 is 0. The fourth-order valence-corrected chi connectivity index (χ4v) is 2.03. The lowest BCUT2D eigenvalue weighted by Crippen LogP contribution is -2.51. The van der Waals surface area contributed by atoms with Gasteiger partial charge >= 0.3 is 11.8 Å². The second-order valence-electron chi connectivity index (χ2n) is 4.74. The monoisotopic (exact) mass is 261 g/mol. The topological polar surface area (TPSA) is 52.7 Å². The average Bonchev–Trinajstić information content (AvgIpc) is 2.46. The summed E-state index contributed by atoms with van der Waals surface area (Å²) in [4.78, 5) is 27.2. The molecule has 2 rings (SSSR count). The number of carbonyl (C=O) groups is 2. The molecular formula is C14H19N3O2. The van der Waals surface area contributed by atoms with E-state index >= 15 is 0 Å². The molecule has 0 aromatic heterocycles. The van der Waals surface area contributed by atoms with Crippen molar-refractivity contribution < 1.29 is 9.59 Å². The number of benzene rings is 1. The molecule has 0 atom stereocenters. The van der Waals surface area contributed by atoms with Crippen molar-refractivity contribution in [2.75, 3.05) is 38.1 Å². The van der Waals surface area contributed by atoms with Gasteiger partial charge in [-0.2, -0.15) is 0 Å². The van der Waals surface area contributed by atoms with Crippen LogP contribution in [0.3, 0.4) is 0 Å². The van der Waals surface area contributed by atoms with Crippen LogP contribution in [0.2, 0.25) is 0 Å². The van der Waals surface area contributed by atoms with E-state index in [1.54, 1.807) is 11.9 Å². The summed E-state index contributed by atoms with van der Waals surface area (Å²) in [6.07, 6.45) is 0. The van der Waals surface area contributed by atoms with Gasteiger partial charge in [0.1, 0.15) is 0 Å². The van der Waals surface area contributed by atoms with E-state index in [9.17, 15) is 9.59 Å². The van der Waals surface area contributed by atoms with Crippen molar-refractivity contribution in [3.05, 3.63) is 29.8 Å². The fourth-order valence-electron chi connectivity index (χ4n) is 2.03. The normalized spacial score (nSPS) is 15.2. The minimum absolute atomic E-state index is 0.426. The zero-order chi connectivity index (χ0) is 13.8. The maximum Gasteiger partial charge on any atom is 0.316 e. The van der Waals surface area contributed by atoms with E-state index in [0.29, 0.717) is 13.1 Å². The number of anilines is 1. The largest absolute Gasteiger partial charge is 0.332 e. The van der Waals surface area contributed by atoms with Crippen molar-refractivity contribution in [1.29, 1.82) is 0 Å². The maximum absolute atomic E-state index is 12.1. The summed E-state index contributed by atoms with van der Waals surface area (Å²) in [7, 11) is 1.63. The number of hydrogen-bond acceptors (Lipinski definition) is 3. The quantitative estimate of drug-likeness (QED) is 0.744. The Kier molecular flexibility index (Phi) is 4.16. The predicted molar refractivity (Wildman–Crippen MR) is 74.0 cm³/mol. The number of nitrogens with zero attached hydrogens (tertiary/aromatic N) is 2. The number of carbonyl (C=O) groups excluding carboxylic acids is 2. The first kappa shape index (κ1) is 13.5. The number of nitrogens with one attached hydrogen (secondary N) is 1. The van der Waals surface area contributed by atoms with Gasteiger partial charge in [-0.15, -0.1) is 0 Å². The zero-order valence-corrected chi connectivity index (χ0v) is 11.3. The standard InChI is InChI=1S/C14H19N3O2/c1-11-3-5-12(6-4-11)16(2)13(18)14(19)17-9-7-15-8-10-17/h3-6,15H,7-10H2,1-2H3. The van der Waals surface area contributed by atoms with Crippen LogP contribution in [0, 0.1) is 6.92 Å². The first-order valence-electron chi connectivity index (χ1n) is 6.44. The van der Waals surface area contributed by atoms with Crippen LogP contribution in [0.15, 0.2) is 24.3 Å². The Morgan fingerprint density at radius 2 is 1.74 bits per heavy atom. The van der Waals surface area contributed by atoms with Gasteiger partial charge in [0, 0.05) is 38.9 Å². The average molecular weight is 261 g/mol. The number of likely N-dealkylation sites (N-methyl/N-ethyl adjacent to an activating group) is 1. The summed E-state index contributed by atoms with van der Waals surface area (Å²) in [6.45, 7) is 4.65. The number of amides is 2. The molecule has 1 aromatic rings. The van der Waals surface area contributed by atoms with E-state index in [0.717, 1.165) is 24.3 Å². The zero-order valence-electron chi connectivity index (χ0n) is 11.3. The van der Waals surface area contributed by atoms with Gasteiger partial charge in [0.15, 0.2) is 0 Å². The molecule has 1 saturated heterocycles. The molecule has 0 unspecified atom stereocenters. The summed E-state index contributed by atoms with van der Waals surface area (Å²) in [5, 5.41) is 3.16. The molecule has 102 valence electrons. The smallest absolute Gasteiger partial charge is 0.316 e. The first-order chi connectivity index (χ1) is 9.09. The molecule has 0 spiro atoms. The molecular weight excluding hydrogens is 242 g/mol. The van der Waals surface area contributed by atoms with Crippen LogP contribution in [0.4, 0.5) is 5.69 Å². The summed E-state index contributed by atoms with van der Waals surface area (Å²) in [6, 6.07) is 7.54. The van der Waals surface area contributed by atoms with Gasteiger partial charge in [-0.1, -0.05) is 17.7 Å². The Morgan fingerprint density at radius 3 is 2.32 bits per heavy atom. The van der Waals surface area contributed by atoms with Gasteiger partial charge in [0.05, 0.1) is 0 Å². The van der Waals surface area contributed by atoms with Gasteiger partial charge in [-0.25, -0.2) is 0 Å². The third-order valence-corrected chi connectivity index (χ3v) is 3.31. The van der Waals surface area contributed by atoms with Gasteiger partial charge in [-0.05, 0) is 19.1 Å². The van der Waals surface area contributed by atoms with Crippen molar-refractivity contribution in [3.8, 4) is 0 Å². The van der Waals surface area contributed by atoms with Crippen LogP contribution < -0.4 is 10.2 Å². The number of aryl methyl sites for hydroxylation is 1. The predicted octanol–water partition coefficient (Wildman–Crippen LogP) is 0.390. The fraction of sp³-hybridized carbons (Fsp3) is 0.429. The van der Waals surface area contributed by atoms with Crippen LogP contribution >= 0.6 is 0 Å². The van der Waals surface area contributed by atoms with Crippen molar-refractivity contribution in [2.45, 2.75) is 6.92 Å². The minimum atomic E-state index is -0.481. The second kappa shape index (κ2) is 5.84. The van der Waals surface area contributed by atoms with Crippen LogP contribution in [0.1, 0.15) is 5.56 Å². The Morgan fingerprint density at radius 1 is 1.16 bits per heavy atom.